The molecule has 0 aliphatic carbocycles. The number of likely N-dealkylation sites (N-methyl/N-ethyl adjacent to an activating group) is 1. The first kappa shape index (κ1) is 53.5. The van der Waals surface area contributed by atoms with E-state index in [1.54, 1.807) is 0 Å². The number of quaternary nitrogens is 1. The third-order valence-corrected chi connectivity index (χ3v) is 10.7. The minimum Gasteiger partial charge on any atom is -0.462 e. The van der Waals surface area contributed by atoms with Gasteiger partial charge in [-0.25, -0.2) is 4.57 Å². The average molecular weight is 801 g/mol. The Hall–Kier alpha value is -1.51. The molecule has 9 nitrogen and oxygen atoms in total. The Kier molecular flexibility index (Phi) is 37.0. The van der Waals surface area contributed by atoms with Gasteiger partial charge in [-0.2, -0.15) is 0 Å². The van der Waals surface area contributed by atoms with Crippen LogP contribution >= 0.6 is 7.82 Å². The number of phosphoric ester groups is 1. The van der Waals surface area contributed by atoms with Crippen molar-refractivity contribution < 1.29 is 42.1 Å². The predicted molar refractivity (Wildman–Crippen MR) is 229 cm³/mol. The van der Waals surface area contributed by atoms with E-state index in [1.165, 1.54) is 103 Å². The first-order valence-electron chi connectivity index (χ1n) is 22.6. The molecule has 2 atom stereocenters. The number of unbranched alkanes of at least 4 members (excludes halogenated alkanes) is 23. The molecule has 0 fully saturated rings. The highest BCUT2D eigenvalue weighted by atomic mass is 31.2. The van der Waals surface area contributed by atoms with Crippen LogP contribution in [0.3, 0.4) is 0 Å². The van der Waals surface area contributed by atoms with Gasteiger partial charge in [-0.15, -0.1) is 0 Å². The fourth-order valence-corrected chi connectivity index (χ4v) is 6.87. The van der Waals surface area contributed by atoms with Gasteiger partial charge in [0.05, 0.1) is 27.7 Å². The maximum absolute atomic E-state index is 12.7. The van der Waals surface area contributed by atoms with Crippen LogP contribution in [0.4, 0.5) is 0 Å². The highest BCUT2D eigenvalue weighted by Crippen LogP contribution is 2.43. The molecule has 0 saturated heterocycles. The summed E-state index contributed by atoms with van der Waals surface area (Å²) in [5.41, 5.74) is 0. The molecule has 2 unspecified atom stereocenters. The van der Waals surface area contributed by atoms with E-state index < -0.39 is 26.5 Å². The zero-order valence-electron chi connectivity index (χ0n) is 36.4. The highest BCUT2D eigenvalue weighted by Gasteiger charge is 2.27. The van der Waals surface area contributed by atoms with Crippen LogP contribution in [0.1, 0.15) is 200 Å². The third-order valence-electron chi connectivity index (χ3n) is 9.68. The van der Waals surface area contributed by atoms with Crippen LogP contribution in [-0.4, -0.2) is 74.9 Å². The Bertz CT molecular complexity index is 996. The van der Waals surface area contributed by atoms with Crippen LogP contribution in [0.25, 0.3) is 0 Å². The van der Waals surface area contributed by atoms with Crippen LogP contribution in [0.15, 0.2) is 24.3 Å². The van der Waals surface area contributed by atoms with Gasteiger partial charge in [-0.1, -0.05) is 154 Å². The van der Waals surface area contributed by atoms with Crippen LogP contribution in [0.5, 0.6) is 0 Å². The second-order valence-electron chi connectivity index (χ2n) is 16.4. The molecular formula is C45H87NO8P+. The summed E-state index contributed by atoms with van der Waals surface area (Å²) in [5, 5.41) is 0. The Morgan fingerprint density at radius 1 is 0.545 bits per heavy atom. The first-order valence-corrected chi connectivity index (χ1v) is 24.1. The van der Waals surface area contributed by atoms with E-state index in [-0.39, 0.29) is 32.0 Å². The fourth-order valence-electron chi connectivity index (χ4n) is 6.13. The van der Waals surface area contributed by atoms with E-state index in [4.69, 9.17) is 18.5 Å². The summed E-state index contributed by atoms with van der Waals surface area (Å²) in [7, 11) is 1.47. The molecular weight excluding hydrogens is 713 g/mol. The van der Waals surface area contributed by atoms with Gasteiger partial charge in [0.15, 0.2) is 6.10 Å². The summed E-state index contributed by atoms with van der Waals surface area (Å²) in [5.74, 6) is -0.809. The molecule has 55 heavy (non-hydrogen) atoms. The molecule has 0 radical (unpaired) electrons. The number of hydrogen-bond donors (Lipinski definition) is 1. The van der Waals surface area contributed by atoms with E-state index in [9.17, 15) is 19.0 Å². The molecule has 10 heteroatoms. The lowest BCUT2D eigenvalue weighted by Crippen LogP contribution is -2.37. The van der Waals surface area contributed by atoms with Gasteiger partial charge in [-0.3, -0.25) is 18.6 Å². The van der Waals surface area contributed by atoms with Gasteiger partial charge in [0.2, 0.25) is 0 Å². The number of carbonyl (C=O) groups is 2. The zero-order chi connectivity index (χ0) is 40.7. The Balaban J connectivity index is 4.25. The van der Waals surface area contributed by atoms with Crippen molar-refractivity contribution in [3.05, 3.63) is 24.3 Å². The van der Waals surface area contributed by atoms with Gasteiger partial charge < -0.3 is 18.9 Å². The van der Waals surface area contributed by atoms with Crippen LogP contribution in [-0.2, 0) is 32.7 Å². The van der Waals surface area contributed by atoms with E-state index in [0.29, 0.717) is 17.4 Å². The quantitative estimate of drug-likeness (QED) is 0.0214. The second kappa shape index (κ2) is 38.0. The highest BCUT2D eigenvalue weighted by molar-refractivity contribution is 7.47. The van der Waals surface area contributed by atoms with Crippen molar-refractivity contribution in [2.24, 2.45) is 0 Å². The molecule has 0 bridgehead atoms. The van der Waals surface area contributed by atoms with E-state index >= 15 is 0 Å². The number of esters is 2. The topological polar surface area (TPSA) is 108 Å². The molecule has 0 aromatic rings. The average Bonchev–Trinajstić information content (AvgIpc) is 3.13. The van der Waals surface area contributed by atoms with E-state index in [2.05, 4.69) is 38.2 Å². The molecule has 0 heterocycles. The van der Waals surface area contributed by atoms with Crippen molar-refractivity contribution >= 4 is 19.8 Å². The normalized spacial score (nSPS) is 13.8. The first-order chi connectivity index (χ1) is 26.5. The standard InChI is InChI=1S/C45H86NO8P/c1-6-8-10-12-14-16-18-19-20-21-22-23-24-25-26-27-28-30-32-34-36-38-45(48)54-43(42-53-55(49,50)52-40-39-46(3,4)5)41-51-44(47)37-35-33-31-29-17-15-13-11-9-7-2/h11,13,21-22,43H,6-10,12,14-20,23-42H2,1-5H3/p+1/b13-11-,22-21-. The van der Waals surface area contributed by atoms with Gasteiger partial charge in [0.1, 0.15) is 19.8 Å². The molecule has 0 rings (SSSR count). The van der Waals surface area contributed by atoms with E-state index in [1.807, 2.05) is 21.1 Å². The number of phosphoric acid groups is 1. The largest absolute Gasteiger partial charge is 0.472 e. The molecule has 0 aromatic heterocycles. The number of nitrogens with zero attached hydrogens (tertiary/aromatic N) is 1. The lowest BCUT2D eigenvalue weighted by Gasteiger charge is -2.24. The van der Waals surface area contributed by atoms with E-state index in [0.717, 1.165) is 64.2 Å². The molecule has 324 valence electrons. The second-order valence-corrected chi connectivity index (χ2v) is 17.9. The number of ether oxygens (including phenoxy) is 2. The number of rotatable bonds is 41. The van der Waals surface area contributed by atoms with Crippen molar-refractivity contribution in [2.45, 2.75) is 206 Å². The minimum atomic E-state index is -4.37. The van der Waals surface area contributed by atoms with Gasteiger partial charge in [0.25, 0.3) is 0 Å². The Labute approximate surface area is 339 Å². The Morgan fingerprint density at radius 2 is 0.964 bits per heavy atom. The smallest absolute Gasteiger partial charge is 0.462 e. The third kappa shape index (κ3) is 41.9. The molecule has 0 amide bonds. The fraction of sp³-hybridized carbons (Fsp3) is 0.867. The van der Waals surface area contributed by atoms with Crippen molar-refractivity contribution in [2.75, 3.05) is 47.5 Å². The monoisotopic (exact) mass is 801 g/mol. The lowest BCUT2D eigenvalue weighted by atomic mass is 10.1. The zero-order valence-corrected chi connectivity index (χ0v) is 37.3. The maximum atomic E-state index is 12.7. The summed E-state index contributed by atoms with van der Waals surface area (Å²) >= 11 is 0. The summed E-state index contributed by atoms with van der Waals surface area (Å²) in [6.07, 6.45) is 40.9. The summed E-state index contributed by atoms with van der Waals surface area (Å²) in [4.78, 5) is 35.3. The van der Waals surface area contributed by atoms with Crippen LogP contribution in [0.2, 0.25) is 0 Å². The van der Waals surface area contributed by atoms with Crippen LogP contribution in [0, 0.1) is 0 Å². The molecule has 0 aromatic carbocycles. The molecule has 0 aliphatic heterocycles. The predicted octanol–water partition coefficient (Wildman–Crippen LogP) is 12.7. The van der Waals surface area contributed by atoms with Crippen molar-refractivity contribution in [3.8, 4) is 0 Å². The SMILES string of the molecule is CCC/C=C\CCCCCCCC(=O)OCC(COP(=O)(O)OCC[N+](C)(C)C)OC(=O)CCCCCCCCCCC/C=C\CCCCCCCCCC. The number of carbonyl (C=O) groups excluding carboxylic acids is 2. The summed E-state index contributed by atoms with van der Waals surface area (Å²) in [6.45, 7) is 4.36. The number of allylic oxidation sites excluding steroid dienone is 4. The van der Waals surface area contributed by atoms with Crippen molar-refractivity contribution in [3.63, 3.8) is 0 Å². The van der Waals surface area contributed by atoms with Crippen LogP contribution < -0.4 is 0 Å². The molecule has 1 N–H and O–H groups in total. The molecule has 0 aliphatic rings. The molecule has 0 spiro atoms. The van der Waals surface area contributed by atoms with Gasteiger partial charge in [0, 0.05) is 12.8 Å². The lowest BCUT2D eigenvalue weighted by molar-refractivity contribution is -0.870. The van der Waals surface area contributed by atoms with Gasteiger partial charge >= 0.3 is 19.8 Å². The summed E-state index contributed by atoms with van der Waals surface area (Å²) in [6, 6.07) is 0. The maximum Gasteiger partial charge on any atom is 0.472 e. The number of hydrogen-bond acceptors (Lipinski definition) is 7. The summed E-state index contributed by atoms with van der Waals surface area (Å²) < 4.78 is 34.3. The Morgan fingerprint density at radius 3 is 1.42 bits per heavy atom. The molecule has 0 saturated carbocycles. The van der Waals surface area contributed by atoms with Gasteiger partial charge in [-0.05, 0) is 57.8 Å². The minimum absolute atomic E-state index is 0.0311. The van der Waals surface area contributed by atoms with Crippen molar-refractivity contribution in [1.29, 1.82) is 0 Å². The van der Waals surface area contributed by atoms with Crippen molar-refractivity contribution in [1.82, 2.24) is 0 Å².